The molecule has 0 spiro atoms. The molecule has 0 aliphatic rings. The molecule has 1 aromatic rings. The van der Waals surface area contributed by atoms with Gasteiger partial charge in [0.05, 0.1) is 0 Å². The van der Waals surface area contributed by atoms with E-state index >= 15 is 0 Å². The molecule has 3 heteroatoms. The van der Waals surface area contributed by atoms with Crippen LogP contribution < -0.4 is 0 Å². The summed E-state index contributed by atoms with van der Waals surface area (Å²) < 4.78 is 5.06. The van der Waals surface area contributed by atoms with Crippen molar-refractivity contribution in [2.45, 2.75) is 6.04 Å². The Kier molecular flexibility index (Phi) is 3.63. The summed E-state index contributed by atoms with van der Waals surface area (Å²) in [7, 11) is 0.238. The summed E-state index contributed by atoms with van der Waals surface area (Å²) in [5, 5.41) is 0. The number of hydrogen-bond donors (Lipinski definition) is 0. The van der Waals surface area contributed by atoms with E-state index in [1.165, 1.54) is 5.56 Å². The quantitative estimate of drug-likeness (QED) is 0.518. The van der Waals surface area contributed by atoms with Gasteiger partial charge < -0.3 is 4.43 Å². The van der Waals surface area contributed by atoms with Gasteiger partial charge in [0, 0.05) is 13.2 Å². The van der Waals surface area contributed by atoms with Crippen molar-refractivity contribution in [3.05, 3.63) is 35.9 Å². The van der Waals surface area contributed by atoms with E-state index in [2.05, 4.69) is 12.1 Å². The minimum atomic E-state index is -1.44. The van der Waals surface area contributed by atoms with Crippen LogP contribution in [0.5, 0.6) is 0 Å². The van der Waals surface area contributed by atoms with E-state index in [0.29, 0.717) is 0 Å². The Morgan fingerprint density at radius 2 is 2.00 bits per heavy atom. The summed E-state index contributed by atoms with van der Waals surface area (Å²) >= 11 is 5.92. The molecule has 0 aliphatic heterocycles. The Labute approximate surface area is 73.4 Å². The number of halogens is 1. The van der Waals surface area contributed by atoms with Crippen LogP contribution in [0.25, 0.3) is 0 Å². The third-order valence-electron chi connectivity index (χ3n) is 1.49. The van der Waals surface area contributed by atoms with Gasteiger partial charge in [0.2, 0.25) is 0 Å². The molecule has 0 fully saturated rings. The van der Waals surface area contributed by atoms with Crippen LogP contribution in [0.2, 0.25) is 0 Å². The zero-order valence-corrected chi connectivity index (χ0v) is 8.37. The second-order valence-electron chi connectivity index (χ2n) is 2.34. The Morgan fingerprint density at radius 1 is 1.36 bits per heavy atom. The molecule has 0 saturated carbocycles. The molecule has 1 rings (SSSR count). The molecule has 0 N–H and O–H groups in total. The first-order valence-electron chi connectivity index (χ1n) is 3.53. The minimum Gasteiger partial charge on any atom is -0.408 e. The molecular weight excluding hydrogens is 176 g/mol. The SMILES string of the molecule is CO[SiH](Cl)Cc1ccccc1. The zero-order chi connectivity index (χ0) is 8.10. The van der Waals surface area contributed by atoms with E-state index in [1.807, 2.05) is 18.2 Å². The van der Waals surface area contributed by atoms with Gasteiger partial charge in [-0.15, -0.1) is 11.1 Å². The highest BCUT2D eigenvalue weighted by atomic mass is 35.6. The van der Waals surface area contributed by atoms with Gasteiger partial charge in [0.15, 0.2) is 0 Å². The molecule has 0 aromatic heterocycles. The van der Waals surface area contributed by atoms with E-state index < -0.39 is 8.35 Å². The molecular formula is C8H11ClOSi. The Morgan fingerprint density at radius 3 is 2.55 bits per heavy atom. The molecule has 1 nitrogen and oxygen atoms in total. The standard InChI is InChI=1S/C8H11ClOSi/c1-10-11(9)7-8-5-3-2-4-6-8/h2-6,11H,7H2,1H3. The van der Waals surface area contributed by atoms with E-state index in [4.69, 9.17) is 15.5 Å². The highest BCUT2D eigenvalue weighted by Crippen LogP contribution is 2.04. The fourth-order valence-corrected chi connectivity index (χ4v) is 2.23. The number of rotatable bonds is 3. The van der Waals surface area contributed by atoms with Crippen molar-refractivity contribution in [3.8, 4) is 0 Å². The summed E-state index contributed by atoms with van der Waals surface area (Å²) in [6.45, 7) is 0. The van der Waals surface area contributed by atoms with Crippen LogP contribution in [0.4, 0.5) is 0 Å². The molecule has 0 heterocycles. The second kappa shape index (κ2) is 4.54. The fourth-order valence-electron chi connectivity index (χ4n) is 0.883. The highest BCUT2D eigenvalue weighted by Gasteiger charge is 2.05. The predicted octanol–water partition coefficient (Wildman–Crippen LogP) is 1.87. The van der Waals surface area contributed by atoms with Gasteiger partial charge in [0.1, 0.15) is 0 Å². The van der Waals surface area contributed by atoms with Crippen molar-refractivity contribution in [1.29, 1.82) is 0 Å². The van der Waals surface area contributed by atoms with Gasteiger partial charge in [-0.2, -0.15) is 0 Å². The van der Waals surface area contributed by atoms with Crippen molar-refractivity contribution in [1.82, 2.24) is 0 Å². The van der Waals surface area contributed by atoms with Crippen LogP contribution in [0, 0.1) is 0 Å². The lowest BCUT2D eigenvalue weighted by Gasteiger charge is -2.03. The van der Waals surface area contributed by atoms with E-state index in [-0.39, 0.29) is 0 Å². The largest absolute Gasteiger partial charge is 0.408 e. The topological polar surface area (TPSA) is 9.23 Å². The van der Waals surface area contributed by atoms with E-state index in [0.717, 1.165) is 6.04 Å². The molecule has 0 saturated heterocycles. The molecule has 1 atom stereocenters. The lowest BCUT2D eigenvalue weighted by molar-refractivity contribution is 0.434. The van der Waals surface area contributed by atoms with Gasteiger partial charge in [0.25, 0.3) is 8.35 Å². The van der Waals surface area contributed by atoms with Crippen LogP contribution in [0.1, 0.15) is 5.56 Å². The van der Waals surface area contributed by atoms with Gasteiger partial charge in [-0.1, -0.05) is 30.3 Å². The summed E-state index contributed by atoms with van der Waals surface area (Å²) in [5.41, 5.74) is 1.26. The van der Waals surface area contributed by atoms with Crippen molar-refractivity contribution >= 4 is 19.4 Å². The average Bonchev–Trinajstić information content (AvgIpc) is 2.06. The third-order valence-corrected chi connectivity index (χ3v) is 3.80. The van der Waals surface area contributed by atoms with Gasteiger partial charge in [-0.3, -0.25) is 0 Å². The smallest absolute Gasteiger partial charge is 0.278 e. The first-order chi connectivity index (χ1) is 5.33. The van der Waals surface area contributed by atoms with Crippen LogP contribution >= 0.6 is 11.1 Å². The zero-order valence-electron chi connectivity index (χ0n) is 6.46. The minimum absolute atomic E-state index is 0.902. The van der Waals surface area contributed by atoms with Gasteiger partial charge in [-0.05, 0) is 5.56 Å². The third kappa shape index (κ3) is 3.06. The first kappa shape index (κ1) is 8.78. The van der Waals surface area contributed by atoms with Crippen molar-refractivity contribution < 1.29 is 4.43 Å². The molecule has 0 aliphatic carbocycles. The molecule has 1 aromatic carbocycles. The highest BCUT2D eigenvalue weighted by molar-refractivity contribution is 7.02. The molecule has 1 unspecified atom stereocenters. The molecule has 0 bridgehead atoms. The summed E-state index contributed by atoms with van der Waals surface area (Å²) in [6.07, 6.45) is 0. The predicted molar refractivity (Wildman–Crippen MR) is 50.2 cm³/mol. The lowest BCUT2D eigenvalue weighted by atomic mass is 10.2. The van der Waals surface area contributed by atoms with E-state index in [1.54, 1.807) is 7.11 Å². The summed E-state index contributed by atoms with van der Waals surface area (Å²) in [4.78, 5) is 0. The monoisotopic (exact) mass is 186 g/mol. The Bertz CT molecular complexity index is 203. The van der Waals surface area contributed by atoms with Crippen LogP contribution in [-0.2, 0) is 10.5 Å². The second-order valence-corrected chi connectivity index (χ2v) is 5.50. The molecule has 11 heavy (non-hydrogen) atoms. The van der Waals surface area contributed by atoms with Crippen LogP contribution in [-0.4, -0.2) is 15.5 Å². The summed E-state index contributed by atoms with van der Waals surface area (Å²) in [5.74, 6) is 0. The van der Waals surface area contributed by atoms with Crippen molar-refractivity contribution in [3.63, 3.8) is 0 Å². The first-order valence-corrected chi connectivity index (χ1v) is 6.57. The van der Waals surface area contributed by atoms with Crippen molar-refractivity contribution in [2.24, 2.45) is 0 Å². The van der Waals surface area contributed by atoms with Crippen LogP contribution in [0.15, 0.2) is 30.3 Å². The van der Waals surface area contributed by atoms with Gasteiger partial charge in [-0.25, -0.2) is 0 Å². The maximum Gasteiger partial charge on any atom is 0.278 e. The maximum atomic E-state index is 5.92. The normalized spacial score (nSPS) is 12.9. The molecule has 60 valence electrons. The van der Waals surface area contributed by atoms with Crippen molar-refractivity contribution in [2.75, 3.05) is 7.11 Å². The van der Waals surface area contributed by atoms with Gasteiger partial charge >= 0.3 is 0 Å². The average molecular weight is 187 g/mol. The van der Waals surface area contributed by atoms with E-state index in [9.17, 15) is 0 Å². The van der Waals surface area contributed by atoms with Crippen LogP contribution in [0.3, 0.4) is 0 Å². The Hall–Kier alpha value is -0.313. The summed E-state index contributed by atoms with van der Waals surface area (Å²) in [6, 6.07) is 11.1. The maximum absolute atomic E-state index is 5.92. The lowest BCUT2D eigenvalue weighted by Crippen LogP contribution is -2.11. The molecule has 0 amide bonds. The fraction of sp³-hybridized carbons (Fsp3) is 0.250. The number of benzene rings is 1. The Balaban J connectivity index is 2.51. The molecule has 0 radical (unpaired) electrons. The number of hydrogen-bond acceptors (Lipinski definition) is 1.